The minimum absolute atomic E-state index is 0.0495. The molecule has 2 aromatic rings. The fraction of sp³-hybridized carbons (Fsp3) is 0.389. The molecule has 1 aromatic heterocycles. The van der Waals surface area contributed by atoms with Crippen LogP contribution in [0.3, 0.4) is 0 Å². The number of benzene rings is 1. The molecule has 0 amide bonds. The summed E-state index contributed by atoms with van der Waals surface area (Å²) in [4.78, 5) is 15.3. The topological polar surface area (TPSA) is 82.0 Å². The van der Waals surface area contributed by atoms with Crippen LogP contribution >= 0.6 is 11.6 Å². The summed E-state index contributed by atoms with van der Waals surface area (Å²) in [5, 5.41) is 11.5. The van der Waals surface area contributed by atoms with Crippen molar-refractivity contribution in [2.45, 2.75) is 39.0 Å². The maximum atomic E-state index is 11.5. The number of hydrogen-bond acceptors (Lipinski definition) is 4. The van der Waals surface area contributed by atoms with Crippen LogP contribution in [0.15, 0.2) is 30.3 Å². The quantitative estimate of drug-likeness (QED) is 0.329. The lowest BCUT2D eigenvalue weighted by Crippen LogP contribution is -2.05. The number of nitrogens with zero attached hydrogens (tertiary/aromatic N) is 2. The second-order valence-corrected chi connectivity index (χ2v) is 6.07. The van der Waals surface area contributed by atoms with E-state index in [9.17, 15) is 10.1 Å². The average Bonchev–Trinajstić information content (AvgIpc) is 2.55. The third-order valence-electron chi connectivity index (χ3n) is 3.94. The number of nitro groups is 1. The van der Waals surface area contributed by atoms with Crippen molar-refractivity contribution in [3.05, 3.63) is 56.9 Å². The summed E-state index contributed by atoms with van der Waals surface area (Å²) >= 11 is 6.14. The molecule has 0 aliphatic carbocycles. The van der Waals surface area contributed by atoms with Crippen LogP contribution in [0.2, 0.25) is 5.15 Å². The Hall–Kier alpha value is -1.98. The Morgan fingerprint density at radius 1 is 1.21 bits per heavy atom. The number of rotatable bonds is 8. The smallest absolute Gasteiger partial charge is 0.314 e. The first-order chi connectivity index (χ1) is 11.6. The summed E-state index contributed by atoms with van der Waals surface area (Å²) in [6.45, 7) is 2.61. The molecule has 0 bridgehead atoms. The SMILES string of the molecule is CCCCCc1cc(-c2ccccc2CCN)c([N+](=O)[O-])c(Cl)n1. The largest absolute Gasteiger partial charge is 0.330 e. The molecular weight excluding hydrogens is 326 g/mol. The zero-order chi connectivity index (χ0) is 17.5. The molecule has 1 heterocycles. The van der Waals surface area contributed by atoms with E-state index in [0.29, 0.717) is 18.5 Å². The second kappa shape index (κ2) is 8.76. The highest BCUT2D eigenvalue weighted by atomic mass is 35.5. The van der Waals surface area contributed by atoms with Crippen molar-refractivity contribution in [3.63, 3.8) is 0 Å². The van der Waals surface area contributed by atoms with Crippen LogP contribution in [0, 0.1) is 10.1 Å². The number of aryl methyl sites for hydroxylation is 1. The predicted octanol–water partition coefficient (Wildman–Crippen LogP) is 4.54. The summed E-state index contributed by atoms with van der Waals surface area (Å²) in [6, 6.07) is 9.39. The number of aromatic nitrogens is 1. The van der Waals surface area contributed by atoms with Crippen LogP contribution in [-0.2, 0) is 12.8 Å². The molecule has 0 saturated carbocycles. The van der Waals surface area contributed by atoms with Gasteiger partial charge in [0, 0.05) is 5.69 Å². The molecule has 0 spiro atoms. The lowest BCUT2D eigenvalue weighted by molar-refractivity contribution is -0.384. The van der Waals surface area contributed by atoms with E-state index < -0.39 is 4.92 Å². The van der Waals surface area contributed by atoms with Crippen molar-refractivity contribution < 1.29 is 4.92 Å². The van der Waals surface area contributed by atoms with Crippen LogP contribution in [0.25, 0.3) is 11.1 Å². The molecule has 2 N–H and O–H groups in total. The van der Waals surface area contributed by atoms with E-state index in [1.54, 1.807) is 6.07 Å². The summed E-state index contributed by atoms with van der Waals surface area (Å²) in [5.41, 5.74) is 8.63. The summed E-state index contributed by atoms with van der Waals surface area (Å²) in [7, 11) is 0. The van der Waals surface area contributed by atoms with Gasteiger partial charge in [-0.3, -0.25) is 10.1 Å². The van der Waals surface area contributed by atoms with E-state index in [1.807, 2.05) is 24.3 Å². The van der Waals surface area contributed by atoms with E-state index in [0.717, 1.165) is 42.5 Å². The molecule has 0 aliphatic heterocycles. The fourth-order valence-corrected chi connectivity index (χ4v) is 3.06. The first-order valence-electron chi connectivity index (χ1n) is 8.20. The van der Waals surface area contributed by atoms with Gasteiger partial charge in [0.2, 0.25) is 5.15 Å². The van der Waals surface area contributed by atoms with Crippen LogP contribution in [0.1, 0.15) is 37.4 Å². The van der Waals surface area contributed by atoms with Crippen LogP contribution < -0.4 is 5.73 Å². The van der Waals surface area contributed by atoms with Crippen molar-refractivity contribution in [2.75, 3.05) is 6.54 Å². The Kier molecular flexibility index (Phi) is 6.70. The van der Waals surface area contributed by atoms with Gasteiger partial charge >= 0.3 is 5.69 Å². The van der Waals surface area contributed by atoms with Gasteiger partial charge in [-0.05, 0) is 43.0 Å². The van der Waals surface area contributed by atoms with Gasteiger partial charge in [-0.1, -0.05) is 55.6 Å². The molecule has 0 radical (unpaired) electrons. The van der Waals surface area contributed by atoms with E-state index in [1.165, 1.54) is 0 Å². The molecule has 6 heteroatoms. The number of unbranched alkanes of at least 4 members (excludes halogenated alkanes) is 2. The monoisotopic (exact) mass is 347 g/mol. The zero-order valence-electron chi connectivity index (χ0n) is 13.8. The normalized spacial score (nSPS) is 10.8. The van der Waals surface area contributed by atoms with Gasteiger partial charge in [0.1, 0.15) is 0 Å². The molecule has 128 valence electrons. The molecule has 1 aromatic carbocycles. The highest BCUT2D eigenvalue weighted by Gasteiger charge is 2.24. The first-order valence-corrected chi connectivity index (χ1v) is 8.58. The standard InChI is InChI=1S/C18H22ClN3O2/c1-2-3-4-8-14-12-16(17(22(23)24)18(19)21-14)15-9-6-5-7-13(15)10-11-20/h5-7,9,12H,2-4,8,10-11,20H2,1H3. The van der Waals surface area contributed by atoms with Gasteiger partial charge in [0.05, 0.1) is 10.5 Å². The Morgan fingerprint density at radius 3 is 2.62 bits per heavy atom. The number of halogens is 1. The zero-order valence-corrected chi connectivity index (χ0v) is 14.6. The molecule has 0 aliphatic rings. The molecular formula is C18H22ClN3O2. The average molecular weight is 348 g/mol. The maximum Gasteiger partial charge on any atom is 0.314 e. The van der Waals surface area contributed by atoms with Gasteiger partial charge in [-0.2, -0.15) is 0 Å². The Morgan fingerprint density at radius 2 is 1.96 bits per heavy atom. The van der Waals surface area contributed by atoms with Gasteiger partial charge in [-0.15, -0.1) is 0 Å². The van der Waals surface area contributed by atoms with E-state index >= 15 is 0 Å². The highest BCUT2D eigenvalue weighted by Crippen LogP contribution is 2.37. The minimum Gasteiger partial charge on any atom is -0.330 e. The third-order valence-corrected chi connectivity index (χ3v) is 4.21. The van der Waals surface area contributed by atoms with Crippen molar-refractivity contribution in [1.29, 1.82) is 0 Å². The van der Waals surface area contributed by atoms with Crippen molar-refractivity contribution in [2.24, 2.45) is 5.73 Å². The van der Waals surface area contributed by atoms with Gasteiger partial charge in [-0.25, -0.2) is 4.98 Å². The molecule has 24 heavy (non-hydrogen) atoms. The van der Waals surface area contributed by atoms with Crippen molar-refractivity contribution in [3.8, 4) is 11.1 Å². The number of pyridine rings is 1. The van der Waals surface area contributed by atoms with E-state index in [4.69, 9.17) is 17.3 Å². The highest BCUT2D eigenvalue weighted by molar-refractivity contribution is 6.32. The lowest BCUT2D eigenvalue weighted by Gasteiger charge is -2.12. The van der Waals surface area contributed by atoms with E-state index in [-0.39, 0.29) is 10.8 Å². The van der Waals surface area contributed by atoms with Crippen molar-refractivity contribution in [1.82, 2.24) is 4.98 Å². The Balaban J connectivity index is 2.55. The molecule has 0 fully saturated rings. The first kappa shape index (κ1) is 18.4. The summed E-state index contributed by atoms with van der Waals surface area (Å²) in [5.74, 6) is 0. The van der Waals surface area contributed by atoms with E-state index in [2.05, 4.69) is 11.9 Å². The summed E-state index contributed by atoms with van der Waals surface area (Å²) in [6.07, 6.45) is 4.60. The fourth-order valence-electron chi connectivity index (χ4n) is 2.78. The lowest BCUT2D eigenvalue weighted by atomic mass is 9.96. The van der Waals surface area contributed by atoms with Crippen LogP contribution in [0.5, 0.6) is 0 Å². The maximum absolute atomic E-state index is 11.5. The summed E-state index contributed by atoms with van der Waals surface area (Å²) < 4.78 is 0. The Bertz CT molecular complexity index is 719. The van der Waals surface area contributed by atoms with Crippen LogP contribution in [0.4, 0.5) is 5.69 Å². The van der Waals surface area contributed by atoms with Gasteiger partial charge < -0.3 is 5.73 Å². The minimum atomic E-state index is -0.459. The number of hydrogen-bond donors (Lipinski definition) is 1. The molecule has 0 unspecified atom stereocenters. The number of nitrogens with two attached hydrogens (primary N) is 1. The molecule has 0 saturated heterocycles. The van der Waals surface area contributed by atoms with Gasteiger partial charge in [0.15, 0.2) is 0 Å². The second-order valence-electron chi connectivity index (χ2n) is 5.71. The van der Waals surface area contributed by atoms with Gasteiger partial charge in [0.25, 0.3) is 0 Å². The molecule has 5 nitrogen and oxygen atoms in total. The third kappa shape index (κ3) is 4.30. The van der Waals surface area contributed by atoms with Crippen molar-refractivity contribution >= 4 is 17.3 Å². The molecule has 2 rings (SSSR count). The molecule has 0 atom stereocenters. The Labute approximate surface area is 147 Å². The van der Waals surface area contributed by atoms with Crippen LogP contribution in [-0.4, -0.2) is 16.5 Å². The predicted molar refractivity (Wildman–Crippen MR) is 97.3 cm³/mol.